The molecule has 0 saturated carbocycles. The van der Waals surface area contributed by atoms with E-state index in [9.17, 15) is 5.11 Å². The fourth-order valence-corrected chi connectivity index (χ4v) is 4.01. The number of hydrogen-bond donors (Lipinski definition) is 1. The first kappa shape index (κ1) is 14.6. The van der Waals surface area contributed by atoms with Gasteiger partial charge in [0.1, 0.15) is 0 Å². The lowest BCUT2D eigenvalue weighted by Crippen LogP contribution is -2.54. The highest BCUT2D eigenvalue weighted by Gasteiger charge is 2.38. The molecule has 2 saturated heterocycles. The van der Waals surface area contributed by atoms with Crippen LogP contribution in [0.15, 0.2) is 12.1 Å². The Morgan fingerprint density at radius 3 is 2.82 bits per heavy atom. The molecule has 1 N–H and O–H groups in total. The molecule has 0 amide bonds. The molecule has 4 rings (SSSR count). The van der Waals surface area contributed by atoms with Crippen LogP contribution in [0, 0.1) is 0 Å². The van der Waals surface area contributed by atoms with Crippen molar-refractivity contribution in [1.82, 2.24) is 9.80 Å². The Bertz CT molecular complexity index is 583. The minimum absolute atomic E-state index is 0.175. The van der Waals surface area contributed by atoms with E-state index < -0.39 is 0 Å². The number of benzene rings is 1. The lowest BCUT2D eigenvalue weighted by Gasteiger charge is -2.42. The molecule has 0 aromatic heterocycles. The van der Waals surface area contributed by atoms with Gasteiger partial charge in [-0.05, 0) is 25.0 Å². The zero-order valence-corrected chi connectivity index (χ0v) is 13.4. The first-order valence-electron chi connectivity index (χ1n) is 7.84. The lowest BCUT2D eigenvalue weighted by molar-refractivity contribution is 0.0528. The van der Waals surface area contributed by atoms with E-state index in [-0.39, 0.29) is 12.9 Å². The van der Waals surface area contributed by atoms with Crippen molar-refractivity contribution in [2.75, 3.05) is 26.4 Å². The molecule has 22 heavy (non-hydrogen) atoms. The van der Waals surface area contributed by atoms with Gasteiger partial charge in [-0.1, -0.05) is 11.6 Å². The molecule has 0 radical (unpaired) electrons. The summed E-state index contributed by atoms with van der Waals surface area (Å²) in [5, 5.41) is 10.6. The van der Waals surface area contributed by atoms with Gasteiger partial charge >= 0.3 is 0 Å². The zero-order valence-electron chi connectivity index (χ0n) is 12.7. The van der Waals surface area contributed by atoms with Crippen molar-refractivity contribution in [2.24, 2.45) is 0 Å². The van der Waals surface area contributed by atoms with Gasteiger partial charge in [0.05, 0.1) is 6.10 Å². The topological polar surface area (TPSA) is 45.2 Å². The molecule has 2 fully saturated rings. The van der Waals surface area contributed by atoms with E-state index in [2.05, 4.69) is 16.7 Å². The molecule has 0 aliphatic carbocycles. The number of ether oxygens (including phenoxy) is 2. The van der Waals surface area contributed by atoms with E-state index in [1.54, 1.807) is 0 Å². The minimum atomic E-state index is -0.175. The first-order valence-corrected chi connectivity index (χ1v) is 8.22. The molecule has 6 heteroatoms. The number of piperazine rings is 1. The fourth-order valence-electron chi connectivity index (χ4n) is 3.80. The van der Waals surface area contributed by atoms with E-state index in [0.717, 1.165) is 54.7 Å². The molecule has 1 aromatic rings. The summed E-state index contributed by atoms with van der Waals surface area (Å²) in [4.78, 5) is 4.86. The molecule has 3 aliphatic rings. The smallest absolute Gasteiger partial charge is 0.231 e. The van der Waals surface area contributed by atoms with Gasteiger partial charge in [0, 0.05) is 49.4 Å². The van der Waals surface area contributed by atoms with Crippen molar-refractivity contribution in [3.05, 3.63) is 22.7 Å². The molecule has 3 aliphatic heterocycles. The average Bonchev–Trinajstić information content (AvgIpc) is 3.04. The lowest BCUT2D eigenvalue weighted by atomic mass is 10.1. The van der Waals surface area contributed by atoms with Gasteiger partial charge < -0.3 is 14.6 Å². The van der Waals surface area contributed by atoms with Gasteiger partial charge in [-0.2, -0.15) is 0 Å². The van der Waals surface area contributed by atoms with Crippen molar-refractivity contribution < 1.29 is 14.6 Å². The number of aliphatic hydroxyl groups is 1. The molecule has 3 heterocycles. The maximum Gasteiger partial charge on any atom is 0.231 e. The highest BCUT2D eigenvalue weighted by molar-refractivity contribution is 6.31. The first-order chi connectivity index (χ1) is 10.6. The van der Waals surface area contributed by atoms with Gasteiger partial charge in [0.2, 0.25) is 6.79 Å². The average molecular weight is 325 g/mol. The van der Waals surface area contributed by atoms with Gasteiger partial charge in [0.25, 0.3) is 0 Å². The number of nitrogens with zero attached hydrogens (tertiary/aromatic N) is 2. The Morgan fingerprint density at radius 1 is 1.23 bits per heavy atom. The van der Waals surface area contributed by atoms with Crippen molar-refractivity contribution in [2.45, 2.75) is 38.1 Å². The van der Waals surface area contributed by atoms with Gasteiger partial charge in [-0.15, -0.1) is 0 Å². The summed E-state index contributed by atoms with van der Waals surface area (Å²) >= 11 is 6.40. The van der Waals surface area contributed by atoms with Crippen LogP contribution in [0.1, 0.15) is 18.9 Å². The third-order valence-corrected chi connectivity index (χ3v) is 5.34. The Labute approximate surface area is 135 Å². The van der Waals surface area contributed by atoms with Crippen LogP contribution in [-0.4, -0.2) is 59.5 Å². The summed E-state index contributed by atoms with van der Waals surface area (Å²) in [7, 11) is 0. The van der Waals surface area contributed by atoms with Crippen LogP contribution < -0.4 is 9.47 Å². The highest BCUT2D eigenvalue weighted by Crippen LogP contribution is 2.37. The van der Waals surface area contributed by atoms with Crippen molar-refractivity contribution in [3.8, 4) is 11.5 Å². The normalized spacial score (nSPS) is 31.5. The second-order valence-corrected chi connectivity index (χ2v) is 6.98. The summed E-state index contributed by atoms with van der Waals surface area (Å²) in [5.74, 6) is 1.51. The minimum Gasteiger partial charge on any atom is -0.454 e. The van der Waals surface area contributed by atoms with E-state index in [1.807, 2.05) is 12.1 Å². The molecule has 3 atom stereocenters. The molecule has 5 nitrogen and oxygen atoms in total. The van der Waals surface area contributed by atoms with E-state index in [4.69, 9.17) is 21.1 Å². The maximum atomic E-state index is 9.86. The predicted octanol–water partition coefficient (Wildman–Crippen LogP) is 1.71. The molecule has 1 aromatic carbocycles. The molecule has 120 valence electrons. The summed E-state index contributed by atoms with van der Waals surface area (Å²) in [6.45, 7) is 6.10. The quantitative estimate of drug-likeness (QED) is 0.897. The Hall–Kier alpha value is -1.01. The monoisotopic (exact) mass is 324 g/mol. The van der Waals surface area contributed by atoms with Gasteiger partial charge in [-0.25, -0.2) is 0 Å². The van der Waals surface area contributed by atoms with Crippen molar-refractivity contribution >= 4 is 11.6 Å². The largest absolute Gasteiger partial charge is 0.454 e. The molecule has 0 spiro atoms. The van der Waals surface area contributed by atoms with Crippen LogP contribution in [0.2, 0.25) is 5.02 Å². The number of halogens is 1. The number of hydrogen-bond acceptors (Lipinski definition) is 5. The van der Waals surface area contributed by atoms with Crippen LogP contribution in [0.25, 0.3) is 0 Å². The van der Waals surface area contributed by atoms with Gasteiger partial charge in [0.15, 0.2) is 11.5 Å². The molecular weight excluding hydrogens is 304 g/mol. The van der Waals surface area contributed by atoms with Crippen LogP contribution >= 0.6 is 11.6 Å². The van der Waals surface area contributed by atoms with Gasteiger partial charge in [-0.3, -0.25) is 9.80 Å². The molecular formula is C16H21ClN2O3. The van der Waals surface area contributed by atoms with Crippen LogP contribution in [0.3, 0.4) is 0 Å². The van der Waals surface area contributed by atoms with Crippen LogP contribution in [0.5, 0.6) is 11.5 Å². The van der Waals surface area contributed by atoms with E-state index in [1.165, 1.54) is 0 Å². The summed E-state index contributed by atoms with van der Waals surface area (Å²) < 4.78 is 10.8. The van der Waals surface area contributed by atoms with E-state index >= 15 is 0 Å². The van der Waals surface area contributed by atoms with Crippen LogP contribution in [0.4, 0.5) is 0 Å². The summed E-state index contributed by atoms with van der Waals surface area (Å²) in [5.41, 5.74) is 1.07. The SMILES string of the molecule is C[C@H]1CN2C[C@H](O)C[C@H]2CN1Cc1cc2c(cc1Cl)OCO2. The third-order valence-electron chi connectivity index (χ3n) is 4.99. The van der Waals surface area contributed by atoms with Crippen molar-refractivity contribution in [3.63, 3.8) is 0 Å². The number of rotatable bonds is 2. The summed E-state index contributed by atoms with van der Waals surface area (Å²) in [6, 6.07) is 4.74. The predicted molar refractivity (Wildman–Crippen MR) is 83.4 cm³/mol. The Kier molecular flexibility index (Phi) is 3.69. The maximum absolute atomic E-state index is 9.86. The number of aliphatic hydroxyl groups excluding tert-OH is 1. The Morgan fingerprint density at radius 2 is 2.00 bits per heavy atom. The van der Waals surface area contributed by atoms with E-state index in [0.29, 0.717) is 12.1 Å². The molecule has 0 unspecified atom stereocenters. The Balaban J connectivity index is 1.51. The summed E-state index contributed by atoms with van der Waals surface area (Å²) in [6.07, 6.45) is 0.698. The van der Waals surface area contributed by atoms with Crippen LogP contribution in [-0.2, 0) is 6.54 Å². The standard InChI is InChI=1S/C16H21ClN2O3/c1-10-5-19-8-13(20)3-12(19)7-18(10)6-11-2-15-16(4-14(11)17)22-9-21-15/h2,4,10,12-13,20H,3,5-9H2,1H3/t10-,12-,13+/m0/s1. The highest BCUT2D eigenvalue weighted by atomic mass is 35.5. The second-order valence-electron chi connectivity index (χ2n) is 6.57. The number of fused-ring (bicyclic) bond motifs is 2. The fraction of sp³-hybridized carbons (Fsp3) is 0.625. The third kappa shape index (κ3) is 2.56. The zero-order chi connectivity index (χ0) is 15.3. The second kappa shape index (κ2) is 5.57. The van der Waals surface area contributed by atoms with Crippen molar-refractivity contribution in [1.29, 1.82) is 0 Å². The molecule has 0 bridgehead atoms.